The van der Waals surface area contributed by atoms with Gasteiger partial charge in [-0.3, -0.25) is 0 Å². The topological polar surface area (TPSA) is 64.9 Å². The van der Waals surface area contributed by atoms with Crippen molar-refractivity contribution in [1.29, 1.82) is 0 Å². The van der Waals surface area contributed by atoms with Crippen LogP contribution in [0.4, 0.5) is 5.69 Å². The summed E-state index contributed by atoms with van der Waals surface area (Å²) in [6.07, 6.45) is 0. The molecular weight excluding hydrogens is 262 g/mol. The molecular formula is C17H17N3O. The number of anilines is 1. The molecule has 2 N–H and O–H groups in total. The van der Waals surface area contributed by atoms with E-state index in [-0.39, 0.29) is 0 Å². The van der Waals surface area contributed by atoms with Gasteiger partial charge in [0.15, 0.2) is 0 Å². The summed E-state index contributed by atoms with van der Waals surface area (Å²) in [6, 6.07) is 11.7. The Balaban J connectivity index is 2.07. The molecule has 0 amide bonds. The van der Waals surface area contributed by atoms with E-state index in [0.29, 0.717) is 17.4 Å². The fourth-order valence-electron chi connectivity index (χ4n) is 2.64. The number of hydrogen-bond donors (Lipinski definition) is 1. The largest absolute Gasteiger partial charge is 0.399 e. The van der Waals surface area contributed by atoms with Gasteiger partial charge in [0, 0.05) is 16.8 Å². The van der Waals surface area contributed by atoms with Crippen molar-refractivity contribution in [3.05, 3.63) is 53.1 Å². The molecule has 0 unspecified atom stereocenters. The molecule has 2 aromatic carbocycles. The quantitative estimate of drug-likeness (QED) is 0.722. The molecule has 0 atom stereocenters. The zero-order valence-corrected chi connectivity index (χ0v) is 12.3. The smallest absolute Gasteiger partial charge is 0.258 e. The van der Waals surface area contributed by atoms with E-state index < -0.39 is 0 Å². The summed E-state index contributed by atoms with van der Waals surface area (Å²) in [5.74, 6) is 1.10. The van der Waals surface area contributed by atoms with Gasteiger partial charge >= 0.3 is 0 Å². The maximum atomic E-state index is 5.79. The molecule has 0 aliphatic heterocycles. The Kier molecular flexibility index (Phi) is 3.22. The van der Waals surface area contributed by atoms with E-state index in [4.69, 9.17) is 10.3 Å². The molecule has 1 aromatic heterocycles. The molecule has 4 nitrogen and oxygen atoms in total. The number of aryl methyl sites for hydroxylation is 3. The highest BCUT2D eigenvalue weighted by Gasteiger charge is 2.15. The summed E-state index contributed by atoms with van der Waals surface area (Å²) in [4.78, 5) is 4.51. The molecule has 3 rings (SSSR count). The van der Waals surface area contributed by atoms with E-state index in [9.17, 15) is 0 Å². The van der Waals surface area contributed by atoms with Crippen molar-refractivity contribution in [2.45, 2.75) is 20.8 Å². The van der Waals surface area contributed by atoms with Crippen LogP contribution in [0.5, 0.6) is 0 Å². The number of hydrogen-bond acceptors (Lipinski definition) is 4. The molecule has 0 radical (unpaired) electrons. The van der Waals surface area contributed by atoms with Gasteiger partial charge in [-0.2, -0.15) is 4.98 Å². The highest BCUT2D eigenvalue weighted by molar-refractivity contribution is 5.67. The Morgan fingerprint density at radius 3 is 2.38 bits per heavy atom. The van der Waals surface area contributed by atoms with Gasteiger partial charge in [0.25, 0.3) is 5.89 Å². The SMILES string of the molecule is Cc1cc(C)c(-c2nc(-c3cccc(N)c3)no2)c(C)c1. The lowest BCUT2D eigenvalue weighted by molar-refractivity contribution is 0.432. The van der Waals surface area contributed by atoms with Crippen LogP contribution in [-0.2, 0) is 0 Å². The van der Waals surface area contributed by atoms with Gasteiger partial charge in [0.1, 0.15) is 0 Å². The second-order valence-corrected chi connectivity index (χ2v) is 5.32. The zero-order chi connectivity index (χ0) is 15.0. The summed E-state index contributed by atoms with van der Waals surface area (Å²) in [5.41, 5.74) is 11.8. The van der Waals surface area contributed by atoms with Crippen molar-refractivity contribution in [2.75, 3.05) is 5.73 Å². The normalized spacial score (nSPS) is 10.8. The van der Waals surface area contributed by atoms with Crippen LogP contribution < -0.4 is 5.73 Å². The molecule has 4 heteroatoms. The molecule has 21 heavy (non-hydrogen) atoms. The van der Waals surface area contributed by atoms with Crippen molar-refractivity contribution in [1.82, 2.24) is 10.1 Å². The van der Waals surface area contributed by atoms with Crippen LogP contribution in [-0.4, -0.2) is 10.1 Å². The Morgan fingerprint density at radius 2 is 1.71 bits per heavy atom. The standard InChI is InChI=1S/C17H17N3O/c1-10-7-11(2)15(12(3)8-10)17-19-16(20-21-17)13-5-4-6-14(18)9-13/h4-9H,18H2,1-3H3. The van der Waals surface area contributed by atoms with Crippen molar-refractivity contribution in [2.24, 2.45) is 0 Å². The van der Waals surface area contributed by atoms with Crippen molar-refractivity contribution < 1.29 is 4.52 Å². The minimum Gasteiger partial charge on any atom is -0.399 e. The minimum absolute atomic E-state index is 0.544. The molecule has 106 valence electrons. The first-order chi connectivity index (χ1) is 10.0. The first-order valence-corrected chi connectivity index (χ1v) is 6.82. The average molecular weight is 279 g/mol. The molecule has 0 saturated heterocycles. The first kappa shape index (κ1) is 13.4. The number of aromatic nitrogens is 2. The van der Waals surface area contributed by atoms with Gasteiger partial charge in [-0.15, -0.1) is 0 Å². The van der Waals surface area contributed by atoms with Gasteiger partial charge < -0.3 is 10.3 Å². The second-order valence-electron chi connectivity index (χ2n) is 5.32. The summed E-state index contributed by atoms with van der Waals surface area (Å²) >= 11 is 0. The minimum atomic E-state index is 0.544. The van der Waals surface area contributed by atoms with Crippen molar-refractivity contribution in [3.8, 4) is 22.8 Å². The third-order valence-corrected chi connectivity index (χ3v) is 3.46. The summed E-state index contributed by atoms with van der Waals surface area (Å²) in [6.45, 7) is 6.19. The first-order valence-electron chi connectivity index (χ1n) is 6.82. The molecule has 3 aromatic rings. The van der Waals surface area contributed by atoms with Crippen LogP contribution in [0.1, 0.15) is 16.7 Å². The van der Waals surface area contributed by atoms with E-state index in [1.165, 1.54) is 5.56 Å². The molecule has 0 saturated carbocycles. The molecule has 0 fully saturated rings. The van der Waals surface area contributed by atoms with Gasteiger partial charge in [0.2, 0.25) is 5.82 Å². The summed E-state index contributed by atoms with van der Waals surface area (Å²) < 4.78 is 5.44. The lowest BCUT2D eigenvalue weighted by Crippen LogP contribution is -1.90. The Labute approximate surface area is 123 Å². The number of nitrogen functional groups attached to an aromatic ring is 1. The van der Waals surface area contributed by atoms with Crippen LogP contribution >= 0.6 is 0 Å². The third-order valence-electron chi connectivity index (χ3n) is 3.46. The maximum Gasteiger partial charge on any atom is 0.258 e. The lowest BCUT2D eigenvalue weighted by atomic mass is 10.00. The number of benzene rings is 2. The molecule has 0 aliphatic carbocycles. The van der Waals surface area contributed by atoms with Gasteiger partial charge in [-0.1, -0.05) is 35.0 Å². The van der Waals surface area contributed by atoms with E-state index >= 15 is 0 Å². The predicted molar refractivity (Wildman–Crippen MR) is 83.8 cm³/mol. The zero-order valence-electron chi connectivity index (χ0n) is 12.3. The molecule has 0 aliphatic rings. The number of nitrogens with two attached hydrogens (primary N) is 1. The lowest BCUT2D eigenvalue weighted by Gasteiger charge is -2.06. The Bertz CT molecular complexity index is 782. The van der Waals surface area contributed by atoms with Crippen LogP contribution in [0.25, 0.3) is 22.8 Å². The molecule has 0 bridgehead atoms. The number of nitrogens with zero attached hydrogens (tertiary/aromatic N) is 2. The van der Waals surface area contributed by atoms with Crippen LogP contribution in [0.2, 0.25) is 0 Å². The Hall–Kier alpha value is -2.62. The van der Waals surface area contributed by atoms with Crippen LogP contribution in [0.3, 0.4) is 0 Å². The van der Waals surface area contributed by atoms with E-state index in [2.05, 4.69) is 43.0 Å². The van der Waals surface area contributed by atoms with Crippen LogP contribution in [0, 0.1) is 20.8 Å². The highest BCUT2D eigenvalue weighted by atomic mass is 16.5. The van der Waals surface area contributed by atoms with Gasteiger partial charge in [-0.25, -0.2) is 0 Å². The third kappa shape index (κ3) is 2.52. The van der Waals surface area contributed by atoms with Crippen LogP contribution in [0.15, 0.2) is 40.9 Å². The van der Waals surface area contributed by atoms with E-state index in [1.807, 2.05) is 24.3 Å². The Morgan fingerprint density at radius 1 is 1.00 bits per heavy atom. The van der Waals surface area contributed by atoms with Gasteiger partial charge in [-0.05, 0) is 44.0 Å². The van der Waals surface area contributed by atoms with Gasteiger partial charge in [0.05, 0.1) is 0 Å². The summed E-state index contributed by atoms with van der Waals surface area (Å²) in [5, 5.41) is 4.07. The molecule has 1 heterocycles. The van der Waals surface area contributed by atoms with Crippen molar-refractivity contribution >= 4 is 5.69 Å². The van der Waals surface area contributed by atoms with Crippen molar-refractivity contribution in [3.63, 3.8) is 0 Å². The fourth-order valence-corrected chi connectivity index (χ4v) is 2.64. The summed E-state index contributed by atoms with van der Waals surface area (Å²) in [7, 11) is 0. The second kappa shape index (κ2) is 5.05. The maximum absolute atomic E-state index is 5.79. The number of rotatable bonds is 2. The molecule has 0 spiro atoms. The highest BCUT2D eigenvalue weighted by Crippen LogP contribution is 2.29. The monoisotopic (exact) mass is 279 g/mol. The average Bonchev–Trinajstić information content (AvgIpc) is 2.87. The van der Waals surface area contributed by atoms with E-state index in [0.717, 1.165) is 22.3 Å². The fraction of sp³-hybridized carbons (Fsp3) is 0.176. The van der Waals surface area contributed by atoms with E-state index in [1.54, 1.807) is 0 Å². The predicted octanol–water partition coefficient (Wildman–Crippen LogP) is 3.91.